The molecule has 0 N–H and O–H groups in total. The van der Waals surface area contributed by atoms with Crippen molar-refractivity contribution < 1.29 is 19.0 Å². The van der Waals surface area contributed by atoms with Gasteiger partial charge in [-0.05, 0) is 12.1 Å². The van der Waals surface area contributed by atoms with Crippen LogP contribution in [0.25, 0.3) is 11.4 Å². The topological polar surface area (TPSA) is 70.5 Å². The zero-order valence-electron chi connectivity index (χ0n) is 11.7. The molecule has 0 fully saturated rings. The smallest absolute Gasteiger partial charge is 0.360 e. The predicted molar refractivity (Wildman–Crippen MR) is 79.6 cm³/mol. The molecule has 1 heterocycles. The van der Waals surface area contributed by atoms with Crippen molar-refractivity contribution in [3.05, 3.63) is 34.4 Å². The van der Waals surface area contributed by atoms with Gasteiger partial charge in [0.2, 0.25) is 5.75 Å². The maximum absolute atomic E-state index is 11.8. The molecule has 2 aromatic rings. The molecule has 1 aromatic carbocycles. The minimum absolute atomic E-state index is 0.0183. The van der Waals surface area contributed by atoms with Crippen molar-refractivity contribution in [3.63, 3.8) is 0 Å². The highest BCUT2D eigenvalue weighted by Crippen LogP contribution is 2.31. The third kappa shape index (κ3) is 3.13. The first kappa shape index (κ1) is 15.2. The van der Waals surface area contributed by atoms with Crippen LogP contribution >= 0.6 is 15.9 Å². The van der Waals surface area contributed by atoms with Gasteiger partial charge < -0.3 is 14.2 Å². The molecule has 7 heteroatoms. The van der Waals surface area contributed by atoms with E-state index in [4.69, 9.17) is 14.2 Å². The number of hydrogen-bond donors (Lipinski definition) is 0. The Morgan fingerprint density at radius 1 is 1.05 bits per heavy atom. The van der Waals surface area contributed by atoms with Gasteiger partial charge in [-0.2, -0.15) is 4.98 Å². The number of ether oxygens (including phenoxy) is 3. The third-order valence-corrected chi connectivity index (χ3v) is 3.24. The highest BCUT2D eigenvalue weighted by Gasteiger charge is 2.23. The van der Waals surface area contributed by atoms with Gasteiger partial charge in [-0.3, -0.25) is 0 Å². The second-order valence-corrected chi connectivity index (χ2v) is 4.85. The van der Waals surface area contributed by atoms with E-state index in [1.54, 1.807) is 0 Å². The summed E-state index contributed by atoms with van der Waals surface area (Å²) in [7, 11) is 4.12. The van der Waals surface area contributed by atoms with Gasteiger partial charge in [-0.25, -0.2) is 9.78 Å². The number of halogens is 1. The lowest BCUT2D eigenvalue weighted by Crippen LogP contribution is -2.10. The first-order valence-corrected chi connectivity index (χ1v) is 6.74. The molecule has 0 atom stereocenters. The highest BCUT2D eigenvalue weighted by atomic mass is 79.9. The van der Waals surface area contributed by atoms with Gasteiger partial charge in [0.25, 0.3) is 5.88 Å². The monoisotopic (exact) mass is 352 g/mol. The Bertz CT molecular complexity index is 659. The number of nitrogens with zero attached hydrogens (tertiary/aromatic N) is 2. The third-order valence-electron chi connectivity index (χ3n) is 2.71. The summed E-state index contributed by atoms with van der Waals surface area (Å²) in [6.07, 6.45) is 0. The van der Waals surface area contributed by atoms with Crippen LogP contribution < -0.4 is 9.47 Å². The van der Waals surface area contributed by atoms with Crippen molar-refractivity contribution in [2.75, 3.05) is 21.3 Å². The Labute approximate surface area is 130 Å². The van der Waals surface area contributed by atoms with Gasteiger partial charge >= 0.3 is 5.97 Å². The molecule has 0 aliphatic rings. The summed E-state index contributed by atoms with van der Waals surface area (Å²) in [4.78, 5) is 20.3. The lowest BCUT2D eigenvalue weighted by Gasteiger charge is -2.11. The second kappa shape index (κ2) is 6.53. The van der Waals surface area contributed by atoms with Gasteiger partial charge in [-0.1, -0.05) is 28.1 Å². The van der Waals surface area contributed by atoms with Crippen LogP contribution in [0.3, 0.4) is 0 Å². The van der Waals surface area contributed by atoms with E-state index in [1.165, 1.54) is 21.3 Å². The lowest BCUT2D eigenvalue weighted by molar-refractivity contribution is 0.0589. The molecule has 0 aliphatic heterocycles. The number of methoxy groups -OCH3 is 3. The summed E-state index contributed by atoms with van der Waals surface area (Å²) in [5.74, 6) is 0.0440. The van der Waals surface area contributed by atoms with Crippen LogP contribution in [-0.2, 0) is 4.74 Å². The number of benzene rings is 1. The number of hydrogen-bond acceptors (Lipinski definition) is 6. The first-order chi connectivity index (χ1) is 10.1. The summed E-state index contributed by atoms with van der Waals surface area (Å²) < 4.78 is 16.0. The van der Waals surface area contributed by atoms with Gasteiger partial charge in [0.15, 0.2) is 11.5 Å². The number of esters is 1. The quantitative estimate of drug-likeness (QED) is 0.788. The summed E-state index contributed by atoms with van der Waals surface area (Å²) in [6, 6.07) is 7.36. The average molecular weight is 353 g/mol. The molecular formula is C14H13BrN2O4. The maximum Gasteiger partial charge on any atom is 0.360 e. The second-order valence-electron chi connectivity index (χ2n) is 3.94. The van der Waals surface area contributed by atoms with Gasteiger partial charge in [0.05, 0.1) is 21.3 Å². The molecular weight excluding hydrogens is 340 g/mol. The Kier molecular flexibility index (Phi) is 4.74. The first-order valence-electron chi connectivity index (χ1n) is 5.95. The molecule has 0 bridgehead atoms. The van der Waals surface area contributed by atoms with E-state index >= 15 is 0 Å². The van der Waals surface area contributed by atoms with Crippen LogP contribution in [0.5, 0.6) is 11.6 Å². The molecule has 2 rings (SSSR count). The maximum atomic E-state index is 11.8. The molecule has 0 saturated heterocycles. The molecule has 1 aromatic heterocycles. The van der Waals surface area contributed by atoms with Crippen molar-refractivity contribution in [3.8, 4) is 23.0 Å². The van der Waals surface area contributed by atoms with E-state index in [2.05, 4.69) is 25.9 Å². The van der Waals surface area contributed by atoms with E-state index in [-0.39, 0.29) is 17.3 Å². The fourth-order valence-electron chi connectivity index (χ4n) is 1.72. The normalized spacial score (nSPS) is 10.1. The zero-order chi connectivity index (χ0) is 15.4. The molecule has 110 valence electrons. The van der Waals surface area contributed by atoms with E-state index in [0.717, 1.165) is 10.0 Å². The van der Waals surface area contributed by atoms with Crippen LogP contribution in [0.1, 0.15) is 10.5 Å². The van der Waals surface area contributed by atoms with Crippen molar-refractivity contribution in [2.45, 2.75) is 0 Å². The fraction of sp³-hybridized carbons (Fsp3) is 0.214. The van der Waals surface area contributed by atoms with Gasteiger partial charge in [0, 0.05) is 10.0 Å². The Hall–Kier alpha value is -2.15. The van der Waals surface area contributed by atoms with Gasteiger partial charge in [0.1, 0.15) is 0 Å². The SMILES string of the molecule is COC(=O)c1nc(-c2ccc(Br)cc2)nc(OC)c1OC. The largest absolute Gasteiger partial charge is 0.489 e. The predicted octanol–water partition coefficient (Wildman–Crippen LogP) is 2.71. The van der Waals surface area contributed by atoms with E-state index in [9.17, 15) is 4.79 Å². The fourth-order valence-corrected chi connectivity index (χ4v) is 1.98. The van der Waals surface area contributed by atoms with Gasteiger partial charge in [-0.15, -0.1) is 0 Å². The lowest BCUT2D eigenvalue weighted by atomic mass is 10.2. The summed E-state index contributed by atoms with van der Waals surface area (Å²) in [5.41, 5.74) is 0.758. The molecule has 0 unspecified atom stereocenters. The highest BCUT2D eigenvalue weighted by molar-refractivity contribution is 9.10. The standard InChI is InChI=1S/C14H13BrN2O4/c1-19-11-10(14(18)21-3)16-12(17-13(11)20-2)8-4-6-9(15)7-5-8/h4-7H,1-3H3. The molecule has 21 heavy (non-hydrogen) atoms. The van der Waals surface area contributed by atoms with E-state index < -0.39 is 5.97 Å². The van der Waals surface area contributed by atoms with Crippen LogP contribution in [0.2, 0.25) is 0 Å². The molecule has 0 saturated carbocycles. The number of aromatic nitrogens is 2. The minimum atomic E-state index is -0.620. The summed E-state index contributed by atoms with van der Waals surface area (Å²) >= 11 is 3.36. The molecule has 0 aliphatic carbocycles. The molecule has 0 radical (unpaired) electrons. The molecule has 0 amide bonds. The minimum Gasteiger partial charge on any atom is -0.489 e. The van der Waals surface area contributed by atoms with Crippen molar-refractivity contribution >= 4 is 21.9 Å². The van der Waals surface area contributed by atoms with Crippen LogP contribution in [-0.4, -0.2) is 37.3 Å². The Morgan fingerprint density at radius 2 is 1.71 bits per heavy atom. The van der Waals surface area contributed by atoms with E-state index in [1.807, 2.05) is 24.3 Å². The molecule has 0 spiro atoms. The van der Waals surface area contributed by atoms with Crippen LogP contribution in [0, 0.1) is 0 Å². The zero-order valence-corrected chi connectivity index (χ0v) is 13.3. The summed E-state index contributed by atoms with van der Waals surface area (Å²) in [5, 5.41) is 0. The van der Waals surface area contributed by atoms with Crippen molar-refractivity contribution in [2.24, 2.45) is 0 Å². The number of carbonyl (C=O) groups excluding carboxylic acids is 1. The Morgan fingerprint density at radius 3 is 2.24 bits per heavy atom. The number of rotatable bonds is 4. The Balaban J connectivity index is 2.62. The van der Waals surface area contributed by atoms with Crippen molar-refractivity contribution in [1.82, 2.24) is 9.97 Å². The van der Waals surface area contributed by atoms with Crippen LogP contribution in [0.15, 0.2) is 28.7 Å². The molecule has 6 nitrogen and oxygen atoms in total. The summed E-state index contributed by atoms with van der Waals surface area (Å²) in [6.45, 7) is 0. The van der Waals surface area contributed by atoms with Crippen LogP contribution in [0.4, 0.5) is 0 Å². The van der Waals surface area contributed by atoms with Crippen molar-refractivity contribution in [1.29, 1.82) is 0 Å². The number of carbonyl (C=O) groups is 1. The average Bonchev–Trinajstić information content (AvgIpc) is 2.53. The van der Waals surface area contributed by atoms with E-state index in [0.29, 0.717) is 5.82 Å².